The molecule has 0 unspecified atom stereocenters. The van der Waals surface area contributed by atoms with Gasteiger partial charge in [-0.2, -0.15) is 4.99 Å². The second kappa shape index (κ2) is 4.40. The fraction of sp³-hybridized carbons (Fsp3) is 0.222. The highest BCUT2D eigenvalue weighted by molar-refractivity contribution is 5.36. The molecule has 1 atom stereocenters. The third-order valence-corrected chi connectivity index (χ3v) is 1.69. The monoisotopic (exact) mass is 179 g/mol. The highest BCUT2D eigenvalue weighted by Crippen LogP contribution is 2.20. The van der Waals surface area contributed by atoms with Gasteiger partial charge in [-0.3, -0.25) is 0 Å². The lowest BCUT2D eigenvalue weighted by atomic mass is 10.1. The summed E-state index contributed by atoms with van der Waals surface area (Å²) in [6, 6.07) is 6.42. The Labute approximate surface area is 75.4 Å². The predicted molar refractivity (Wildman–Crippen MR) is 46.2 cm³/mol. The Balaban J connectivity index is 2.94. The van der Waals surface area contributed by atoms with Crippen molar-refractivity contribution in [2.24, 2.45) is 4.99 Å². The average molecular weight is 179 g/mol. The molecule has 0 aromatic heterocycles. The average Bonchev–Trinajstić information content (AvgIpc) is 2.18. The van der Waals surface area contributed by atoms with E-state index in [2.05, 4.69) is 9.88 Å². The van der Waals surface area contributed by atoms with Gasteiger partial charge in [-0.1, -0.05) is 12.1 Å². The summed E-state index contributed by atoms with van der Waals surface area (Å²) < 4.78 is 0. The minimum absolute atomic E-state index is 0.271. The number of carbonyl (C=O) groups excluding carboxylic acids is 1. The van der Waals surface area contributed by atoms with Crippen molar-refractivity contribution in [3.8, 4) is 5.75 Å². The summed E-state index contributed by atoms with van der Waals surface area (Å²) in [6.45, 7) is 1.75. The van der Waals surface area contributed by atoms with E-state index in [0.717, 1.165) is 5.56 Å². The number of nitrogens with zero attached hydrogens (tertiary/aromatic N) is 1. The Morgan fingerprint density at radius 3 is 3.00 bits per heavy atom. The lowest BCUT2D eigenvalue weighted by Crippen LogP contribution is -1.90. The highest BCUT2D eigenvalue weighted by atomic mass is 17.1. The van der Waals surface area contributed by atoms with Crippen molar-refractivity contribution in [2.75, 3.05) is 0 Å². The SMILES string of the molecule is C[C@@H](N=C=O)c1cccc(OO)c1. The number of isocyanates is 1. The molecule has 4 heteroatoms. The lowest BCUT2D eigenvalue weighted by molar-refractivity contribution is -0.137. The fourth-order valence-corrected chi connectivity index (χ4v) is 0.985. The van der Waals surface area contributed by atoms with Gasteiger partial charge in [0, 0.05) is 0 Å². The molecule has 0 aliphatic heterocycles. The number of rotatable bonds is 3. The van der Waals surface area contributed by atoms with Crippen molar-refractivity contribution >= 4 is 6.08 Å². The van der Waals surface area contributed by atoms with E-state index in [4.69, 9.17) is 5.26 Å². The molecule has 1 rings (SSSR count). The van der Waals surface area contributed by atoms with Crippen LogP contribution in [0, 0.1) is 0 Å². The second-order valence-corrected chi connectivity index (χ2v) is 2.56. The third-order valence-electron chi connectivity index (χ3n) is 1.69. The van der Waals surface area contributed by atoms with Gasteiger partial charge < -0.3 is 4.89 Å². The first-order valence-electron chi connectivity index (χ1n) is 3.76. The molecule has 1 aromatic rings. The Kier molecular flexibility index (Phi) is 3.20. The normalized spacial score (nSPS) is 11.5. The maximum Gasteiger partial charge on any atom is 0.235 e. The molecule has 0 fully saturated rings. The van der Waals surface area contributed by atoms with E-state index in [1.165, 1.54) is 6.08 Å². The molecular weight excluding hydrogens is 170 g/mol. The van der Waals surface area contributed by atoms with Crippen LogP contribution >= 0.6 is 0 Å². The quantitative estimate of drug-likeness (QED) is 0.334. The van der Waals surface area contributed by atoms with Gasteiger partial charge in [0.2, 0.25) is 6.08 Å². The van der Waals surface area contributed by atoms with Crippen molar-refractivity contribution in [3.05, 3.63) is 29.8 Å². The Morgan fingerprint density at radius 1 is 1.62 bits per heavy atom. The largest absolute Gasteiger partial charge is 0.340 e. The zero-order chi connectivity index (χ0) is 9.68. The number of benzene rings is 1. The van der Waals surface area contributed by atoms with Crippen molar-refractivity contribution in [3.63, 3.8) is 0 Å². The van der Waals surface area contributed by atoms with E-state index in [0.29, 0.717) is 5.75 Å². The second-order valence-electron chi connectivity index (χ2n) is 2.56. The Bertz CT molecular complexity index is 331. The summed E-state index contributed by atoms with van der Waals surface area (Å²) in [6.07, 6.45) is 1.48. The summed E-state index contributed by atoms with van der Waals surface area (Å²) >= 11 is 0. The van der Waals surface area contributed by atoms with Crippen LogP contribution < -0.4 is 4.89 Å². The van der Waals surface area contributed by atoms with E-state index in [1.54, 1.807) is 31.2 Å². The zero-order valence-corrected chi connectivity index (χ0v) is 7.10. The van der Waals surface area contributed by atoms with Crippen LogP contribution in [0.2, 0.25) is 0 Å². The molecule has 68 valence electrons. The molecule has 0 saturated heterocycles. The molecule has 1 N–H and O–H groups in total. The van der Waals surface area contributed by atoms with Crippen LogP contribution in [-0.2, 0) is 4.79 Å². The van der Waals surface area contributed by atoms with Crippen LogP contribution in [0.4, 0.5) is 0 Å². The molecule has 0 aliphatic rings. The summed E-state index contributed by atoms with van der Waals surface area (Å²) in [7, 11) is 0. The van der Waals surface area contributed by atoms with Gasteiger partial charge in [-0.05, 0) is 24.6 Å². The van der Waals surface area contributed by atoms with Crippen LogP contribution in [0.3, 0.4) is 0 Å². The van der Waals surface area contributed by atoms with Crippen LogP contribution in [0.1, 0.15) is 18.5 Å². The molecule has 0 saturated carbocycles. The Hall–Kier alpha value is -1.64. The van der Waals surface area contributed by atoms with Crippen molar-refractivity contribution in [1.29, 1.82) is 0 Å². The van der Waals surface area contributed by atoms with Crippen LogP contribution in [0.15, 0.2) is 29.3 Å². The van der Waals surface area contributed by atoms with Gasteiger partial charge in [0.25, 0.3) is 0 Å². The van der Waals surface area contributed by atoms with Gasteiger partial charge in [0.05, 0.1) is 6.04 Å². The van der Waals surface area contributed by atoms with Crippen LogP contribution in [0.25, 0.3) is 0 Å². The molecule has 0 spiro atoms. The van der Waals surface area contributed by atoms with E-state index in [9.17, 15) is 4.79 Å². The number of aliphatic imine (C=N–C) groups is 1. The highest BCUT2D eigenvalue weighted by Gasteiger charge is 2.03. The van der Waals surface area contributed by atoms with E-state index >= 15 is 0 Å². The van der Waals surface area contributed by atoms with Crippen molar-refractivity contribution in [2.45, 2.75) is 13.0 Å². The molecule has 0 amide bonds. The zero-order valence-electron chi connectivity index (χ0n) is 7.10. The van der Waals surface area contributed by atoms with Gasteiger partial charge in [0.15, 0.2) is 5.75 Å². The molecule has 4 nitrogen and oxygen atoms in total. The van der Waals surface area contributed by atoms with E-state index < -0.39 is 0 Å². The van der Waals surface area contributed by atoms with Gasteiger partial charge in [-0.25, -0.2) is 10.1 Å². The Morgan fingerprint density at radius 2 is 2.38 bits per heavy atom. The first kappa shape index (κ1) is 9.45. The molecule has 0 heterocycles. The number of hydrogen-bond acceptors (Lipinski definition) is 4. The maximum absolute atomic E-state index is 9.97. The summed E-state index contributed by atoms with van der Waals surface area (Å²) in [4.78, 5) is 17.5. The topological polar surface area (TPSA) is 58.9 Å². The lowest BCUT2D eigenvalue weighted by Gasteiger charge is -2.04. The van der Waals surface area contributed by atoms with E-state index in [1.807, 2.05) is 0 Å². The molecule has 0 radical (unpaired) electrons. The molecule has 13 heavy (non-hydrogen) atoms. The number of hydrogen-bond donors (Lipinski definition) is 1. The molecule has 1 aromatic carbocycles. The predicted octanol–water partition coefficient (Wildman–Crippen LogP) is 1.94. The fourth-order valence-electron chi connectivity index (χ4n) is 0.985. The summed E-state index contributed by atoms with van der Waals surface area (Å²) in [5, 5.41) is 8.37. The van der Waals surface area contributed by atoms with Crippen LogP contribution in [0.5, 0.6) is 5.75 Å². The minimum Gasteiger partial charge on any atom is -0.340 e. The minimum atomic E-state index is -0.271. The van der Waals surface area contributed by atoms with E-state index in [-0.39, 0.29) is 6.04 Å². The summed E-state index contributed by atoms with van der Waals surface area (Å²) in [5.41, 5.74) is 0.787. The van der Waals surface area contributed by atoms with Crippen molar-refractivity contribution < 1.29 is 14.9 Å². The summed E-state index contributed by atoms with van der Waals surface area (Å²) in [5.74, 6) is 0.324. The maximum atomic E-state index is 9.97. The molecule has 0 aliphatic carbocycles. The molecular formula is C9H9NO3. The smallest absolute Gasteiger partial charge is 0.235 e. The standard InChI is InChI=1S/C9H9NO3/c1-7(10-6-11)8-3-2-4-9(5-8)13-12/h2-5,7,12H,1H3/t7-/m1/s1. The first-order chi connectivity index (χ1) is 6.27. The molecule has 0 bridgehead atoms. The van der Waals surface area contributed by atoms with Gasteiger partial charge in [0.1, 0.15) is 0 Å². The van der Waals surface area contributed by atoms with Gasteiger partial charge >= 0.3 is 0 Å². The third kappa shape index (κ3) is 2.40. The van der Waals surface area contributed by atoms with Crippen LogP contribution in [-0.4, -0.2) is 11.3 Å². The van der Waals surface area contributed by atoms with Gasteiger partial charge in [-0.15, -0.1) is 0 Å². The van der Waals surface area contributed by atoms with Crippen molar-refractivity contribution in [1.82, 2.24) is 0 Å². The first-order valence-corrected chi connectivity index (χ1v) is 3.76.